The Morgan fingerprint density at radius 1 is 1.26 bits per heavy atom. The van der Waals surface area contributed by atoms with Gasteiger partial charge in [0.15, 0.2) is 0 Å². The van der Waals surface area contributed by atoms with Crippen LogP contribution in [0.25, 0.3) is 0 Å². The third kappa shape index (κ3) is 3.07. The molecule has 0 aliphatic rings. The Hall–Kier alpha value is -2.43. The molecule has 1 N–H and O–H groups in total. The highest BCUT2D eigenvalue weighted by molar-refractivity contribution is 5.65. The molecule has 0 aromatic heterocycles. The number of nitro groups is 1. The molecule has 0 unspecified atom stereocenters. The Bertz CT molecular complexity index is 614. The van der Waals surface area contributed by atoms with Gasteiger partial charge < -0.3 is 5.32 Å². The third-order valence-corrected chi connectivity index (χ3v) is 2.79. The number of anilines is 1. The number of nitrogens with one attached hydrogen (secondary N) is 1. The van der Waals surface area contributed by atoms with E-state index in [2.05, 4.69) is 5.32 Å². The number of rotatable bonds is 4. The lowest BCUT2D eigenvalue weighted by Gasteiger charge is -2.08. The molecule has 0 saturated carbocycles. The summed E-state index contributed by atoms with van der Waals surface area (Å²) in [6, 6.07) is 11.2. The lowest BCUT2D eigenvalue weighted by molar-refractivity contribution is -0.384. The van der Waals surface area contributed by atoms with Crippen LogP contribution in [0.4, 0.5) is 15.8 Å². The van der Waals surface area contributed by atoms with Crippen molar-refractivity contribution in [3.63, 3.8) is 0 Å². The number of aryl methyl sites for hydroxylation is 1. The van der Waals surface area contributed by atoms with Gasteiger partial charge in [-0.25, -0.2) is 4.39 Å². The lowest BCUT2D eigenvalue weighted by atomic mass is 10.1. The molecule has 0 aliphatic heterocycles. The highest BCUT2D eigenvalue weighted by Crippen LogP contribution is 2.28. The molecule has 0 atom stereocenters. The molecular weight excluding hydrogens is 247 g/mol. The van der Waals surface area contributed by atoms with Gasteiger partial charge in [0.2, 0.25) is 0 Å². The number of para-hydroxylation sites is 1. The van der Waals surface area contributed by atoms with Crippen molar-refractivity contribution in [1.29, 1.82) is 0 Å². The van der Waals surface area contributed by atoms with Gasteiger partial charge in [-0.15, -0.1) is 0 Å². The van der Waals surface area contributed by atoms with Crippen molar-refractivity contribution in [1.82, 2.24) is 0 Å². The first-order valence-corrected chi connectivity index (χ1v) is 5.80. The average molecular weight is 260 g/mol. The fourth-order valence-corrected chi connectivity index (χ4v) is 1.89. The maximum atomic E-state index is 13.0. The topological polar surface area (TPSA) is 55.2 Å². The van der Waals surface area contributed by atoms with Crippen molar-refractivity contribution >= 4 is 11.4 Å². The normalized spacial score (nSPS) is 10.2. The molecule has 0 bridgehead atoms. The molecule has 19 heavy (non-hydrogen) atoms. The predicted octanol–water partition coefficient (Wildman–Crippen LogP) is 3.65. The molecule has 0 heterocycles. The number of benzene rings is 2. The van der Waals surface area contributed by atoms with E-state index >= 15 is 0 Å². The van der Waals surface area contributed by atoms with Crippen molar-refractivity contribution in [2.45, 2.75) is 13.5 Å². The van der Waals surface area contributed by atoms with Crippen LogP contribution in [0.3, 0.4) is 0 Å². The molecule has 0 spiro atoms. The minimum Gasteiger partial charge on any atom is -0.375 e. The van der Waals surface area contributed by atoms with Gasteiger partial charge in [-0.2, -0.15) is 0 Å². The highest BCUT2D eigenvalue weighted by atomic mass is 19.1. The van der Waals surface area contributed by atoms with Gasteiger partial charge in [-0.3, -0.25) is 10.1 Å². The molecule has 4 nitrogen and oxygen atoms in total. The largest absolute Gasteiger partial charge is 0.375 e. The zero-order valence-electron chi connectivity index (χ0n) is 10.4. The summed E-state index contributed by atoms with van der Waals surface area (Å²) in [7, 11) is 0. The molecule has 2 aromatic rings. The summed E-state index contributed by atoms with van der Waals surface area (Å²) in [6.45, 7) is 2.02. The van der Waals surface area contributed by atoms with E-state index < -0.39 is 4.92 Å². The summed E-state index contributed by atoms with van der Waals surface area (Å²) in [6.07, 6.45) is 0. The van der Waals surface area contributed by atoms with Crippen LogP contribution in [0.2, 0.25) is 0 Å². The number of hydrogen-bond donors (Lipinski definition) is 1. The summed E-state index contributed by atoms with van der Waals surface area (Å²) >= 11 is 0. The summed E-state index contributed by atoms with van der Waals surface area (Å²) in [5.41, 5.74) is 1.82. The average Bonchev–Trinajstić information content (AvgIpc) is 2.36. The summed E-state index contributed by atoms with van der Waals surface area (Å²) in [5.74, 6) is -0.321. The first kappa shape index (κ1) is 13.0. The fourth-order valence-electron chi connectivity index (χ4n) is 1.89. The van der Waals surface area contributed by atoms with Gasteiger partial charge >= 0.3 is 0 Å². The minimum absolute atomic E-state index is 0.0545. The van der Waals surface area contributed by atoms with Crippen LogP contribution in [0.15, 0.2) is 42.5 Å². The van der Waals surface area contributed by atoms with Crippen molar-refractivity contribution < 1.29 is 9.31 Å². The van der Waals surface area contributed by atoms with Gasteiger partial charge in [0.05, 0.1) is 4.92 Å². The Balaban J connectivity index is 2.20. The first-order chi connectivity index (χ1) is 9.08. The standard InChI is InChI=1S/C14H13FN2O2/c1-10-4-2-7-13(14(10)17(18)19)16-9-11-5-3-6-12(15)8-11/h2-8,16H,9H2,1H3. The van der Waals surface area contributed by atoms with Crippen LogP contribution >= 0.6 is 0 Å². The Morgan fingerprint density at radius 2 is 2.00 bits per heavy atom. The molecule has 0 amide bonds. The molecule has 2 aromatic carbocycles. The molecule has 0 radical (unpaired) electrons. The minimum atomic E-state index is -0.413. The highest BCUT2D eigenvalue weighted by Gasteiger charge is 2.16. The van der Waals surface area contributed by atoms with Crippen LogP contribution < -0.4 is 5.32 Å². The van der Waals surface area contributed by atoms with E-state index in [9.17, 15) is 14.5 Å². The first-order valence-electron chi connectivity index (χ1n) is 5.80. The van der Waals surface area contributed by atoms with E-state index in [0.717, 1.165) is 5.56 Å². The zero-order chi connectivity index (χ0) is 13.8. The maximum Gasteiger partial charge on any atom is 0.295 e. The number of hydrogen-bond acceptors (Lipinski definition) is 3. The molecular formula is C14H13FN2O2. The van der Waals surface area contributed by atoms with Gasteiger partial charge in [-0.05, 0) is 30.7 Å². The maximum absolute atomic E-state index is 13.0. The quantitative estimate of drug-likeness (QED) is 0.674. The number of halogens is 1. The summed E-state index contributed by atoms with van der Waals surface area (Å²) < 4.78 is 13.0. The van der Waals surface area contributed by atoms with Crippen molar-refractivity contribution in [3.8, 4) is 0 Å². The molecule has 98 valence electrons. The van der Waals surface area contributed by atoms with Gasteiger partial charge in [0, 0.05) is 12.1 Å². The van der Waals surface area contributed by atoms with E-state index in [0.29, 0.717) is 17.8 Å². The molecule has 5 heteroatoms. The van der Waals surface area contributed by atoms with Gasteiger partial charge in [0.1, 0.15) is 11.5 Å². The Morgan fingerprint density at radius 3 is 2.68 bits per heavy atom. The van der Waals surface area contributed by atoms with E-state index in [-0.39, 0.29) is 11.5 Å². The van der Waals surface area contributed by atoms with Crippen molar-refractivity contribution in [2.75, 3.05) is 5.32 Å². The SMILES string of the molecule is Cc1cccc(NCc2cccc(F)c2)c1[N+](=O)[O-]. The second-order valence-corrected chi connectivity index (χ2v) is 4.21. The molecule has 0 fully saturated rings. The molecule has 0 saturated heterocycles. The predicted molar refractivity (Wildman–Crippen MR) is 71.6 cm³/mol. The van der Waals surface area contributed by atoms with Crippen LogP contribution in [0, 0.1) is 22.9 Å². The number of nitro benzene ring substituents is 1. The summed E-state index contributed by atoms with van der Waals surface area (Å²) in [4.78, 5) is 10.6. The van der Waals surface area contributed by atoms with Crippen LogP contribution in [-0.4, -0.2) is 4.92 Å². The Kier molecular flexibility index (Phi) is 3.75. The lowest BCUT2D eigenvalue weighted by Crippen LogP contribution is -2.04. The molecule has 2 rings (SSSR count). The van der Waals surface area contributed by atoms with Crippen LogP contribution in [-0.2, 0) is 6.54 Å². The smallest absolute Gasteiger partial charge is 0.295 e. The van der Waals surface area contributed by atoms with Gasteiger partial charge in [0.25, 0.3) is 5.69 Å². The van der Waals surface area contributed by atoms with E-state index in [1.807, 2.05) is 0 Å². The van der Waals surface area contributed by atoms with Crippen molar-refractivity contribution in [3.05, 3.63) is 69.5 Å². The monoisotopic (exact) mass is 260 g/mol. The third-order valence-electron chi connectivity index (χ3n) is 2.79. The van der Waals surface area contributed by atoms with E-state index in [1.54, 1.807) is 37.3 Å². The van der Waals surface area contributed by atoms with Crippen LogP contribution in [0.1, 0.15) is 11.1 Å². The Labute approximate surface area is 110 Å². The number of nitrogens with zero attached hydrogens (tertiary/aromatic N) is 1. The van der Waals surface area contributed by atoms with Crippen LogP contribution in [0.5, 0.6) is 0 Å². The second kappa shape index (κ2) is 5.48. The second-order valence-electron chi connectivity index (χ2n) is 4.21. The van der Waals surface area contributed by atoms with Crippen molar-refractivity contribution in [2.24, 2.45) is 0 Å². The van der Waals surface area contributed by atoms with E-state index in [4.69, 9.17) is 0 Å². The summed E-state index contributed by atoms with van der Waals surface area (Å²) in [5, 5.41) is 14.0. The van der Waals surface area contributed by atoms with E-state index in [1.165, 1.54) is 12.1 Å². The molecule has 0 aliphatic carbocycles. The van der Waals surface area contributed by atoms with Gasteiger partial charge in [-0.1, -0.05) is 24.3 Å². The zero-order valence-corrected chi connectivity index (χ0v) is 10.4. The fraction of sp³-hybridized carbons (Fsp3) is 0.143.